The van der Waals surface area contributed by atoms with Crippen LogP contribution in [0, 0.1) is 11.3 Å². The lowest BCUT2D eigenvalue weighted by molar-refractivity contribution is -0.136. The van der Waals surface area contributed by atoms with E-state index in [1.807, 2.05) is 19.1 Å². The van der Waals surface area contributed by atoms with Crippen molar-refractivity contribution in [2.45, 2.75) is 13.3 Å². The third-order valence-corrected chi connectivity index (χ3v) is 2.85. The van der Waals surface area contributed by atoms with Gasteiger partial charge in [-0.25, -0.2) is 4.79 Å². The second-order valence-electron chi connectivity index (χ2n) is 4.72. The zero-order valence-corrected chi connectivity index (χ0v) is 12.8. The van der Waals surface area contributed by atoms with E-state index in [2.05, 4.69) is 0 Å². The molecule has 0 saturated carbocycles. The van der Waals surface area contributed by atoms with Crippen molar-refractivity contribution in [2.24, 2.45) is 0 Å². The molecule has 2 aromatic rings. The number of carbonyl (C=O) groups excluding carboxylic acids is 1. The lowest BCUT2D eigenvalue weighted by Crippen LogP contribution is -2.17. The van der Waals surface area contributed by atoms with Gasteiger partial charge in [0.1, 0.15) is 17.2 Å². The number of hydrogen-bond acceptors (Lipinski definition) is 5. The van der Waals surface area contributed by atoms with Gasteiger partial charge in [-0.2, -0.15) is 5.26 Å². The third-order valence-electron chi connectivity index (χ3n) is 2.85. The lowest BCUT2D eigenvalue weighted by atomic mass is 10.2. The Balaban J connectivity index is 1.85. The highest BCUT2D eigenvalue weighted by atomic mass is 16.6. The topological polar surface area (TPSA) is 68.6 Å². The standard InChI is InChI=1S/C18H17NO4/c1-2-10-21-16-4-3-5-17(11-16)22-13-18(20)23-15-8-6-14(12-19)7-9-15/h3-9,11H,2,10,13H2,1H3. The Morgan fingerprint density at radius 2 is 1.74 bits per heavy atom. The summed E-state index contributed by atoms with van der Waals surface area (Å²) in [6, 6.07) is 15.4. The number of rotatable bonds is 7. The summed E-state index contributed by atoms with van der Waals surface area (Å²) < 4.78 is 16.0. The second kappa shape index (κ2) is 8.44. The first-order valence-electron chi connectivity index (χ1n) is 7.27. The smallest absolute Gasteiger partial charge is 0.349 e. The third kappa shape index (κ3) is 5.36. The summed E-state index contributed by atoms with van der Waals surface area (Å²) in [5.41, 5.74) is 0.505. The quantitative estimate of drug-likeness (QED) is 0.579. The minimum Gasteiger partial charge on any atom is -0.493 e. The Bertz CT molecular complexity index is 689. The number of carbonyl (C=O) groups is 1. The molecule has 118 valence electrons. The molecule has 23 heavy (non-hydrogen) atoms. The summed E-state index contributed by atoms with van der Waals surface area (Å²) in [5, 5.41) is 8.71. The monoisotopic (exact) mass is 311 g/mol. The van der Waals surface area contributed by atoms with Gasteiger partial charge in [-0.15, -0.1) is 0 Å². The average Bonchev–Trinajstić information content (AvgIpc) is 2.59. The van der Waals surface area contributed by atoms with Crippen LogP contribution in [0.4, 0.5) is 0 Å². The van der Waals surface area contributed by atoms with Gasteiger partial charge in [0.25, 0.3) is 0 Å². The maximum Gasteiger partial charge on any atom is 0.349 e. The van der Waals surface area contributed by atoms with E-state index in [-0.39, 0.29) is 6.61 Å². The van der Waals surface area contributed by atoms with Crippen LogP contribution in [0.5, 0.6) is 17.2 Å². The molecule has 5 heteroatoms. The van der Waals surface area contributed by atoms with Crippen molar-refractivity contribution in [1.82, 2.24) is 0 Å². The molecule has 0 bridgehead atoms. The number of ether oxygens (including phenoxy) is 3. The average molecular weight is 311 g/mol. The molecule has 0 aliphatic rings. The summed E-state index contributed by atoms with van der Waals surface area (Å²) in [4.78, 5) is 11.8. The Morgan fingerprint density at radius 1 is 1.04 bits per heavy atom. The number of benzene rings is 2. The largest absolute Gasteiger partial charge is 0.493 e. The molecule has 0 radical (unpaired) electrons. The van der Waals surface area contributed by atoms with Gasteiger partial charge < -0.3 is 14.2 Å². The van der Waals surface area contributed by atoms with Crippen molar-refractivity contribution in [1.29, 1.82) is 5.26 Å². The van der Waals surface area contributed by atoms with E-state index in [0.29, 0.717) is 29.4 Å². The molecule has 0 N–H and O–H groups in total. The Hall–Kier alpha value is -3.00. The Kier molecular flexibility index (Phi) is 6.01. The van der Waals surface area contributed by atoms with Gasteiger partial charge in [-0.1, -0.05) is 13.0 Å². The molecule has 0 heterocycles. The number of hydrogen-bond donors (Lipinski definition) is 0. The van der Waals surface area contributed by atoms with E-state index in [0.717, 1.165) is 6.42 Å². The Labute approximate surface area is 135 Å². The molecule has 0 aliphatic carbocycles. The van der Waals surface area contributed by atoms with E-state index in [1.54, 1.807) is 42.5 Å². The molecule has 2 aromatic carbocycles. The fraction of sp³-hybridized carbons (Fsp3) is 0.222. The van der Waals surface area contributed by atoms with Gasteiger partial charge in [0, 0.05) is 6.07 Å². The SMILES string of the molecule is CCCOc1cccc(OCC(=O)Oc2ccc(C#N)cc2)c1. The number of nitriles is 1. The minimum atomic E-state index is -0.519. The first kappa shape index (κ1) is 16.4. The maximum absolute atomic E-state index is 11.8. The fourth-order valence-corrected chi connectivity index (χ4v) is 1.77. The molecule has 5 nitrogen and oxygen atoms in total. The molecule has 0 aliphatic heterocycles. The van der Waals surface area contributed by atoms with Crippen LogP contribution >= 0.6 is 0 Å². The molecule has 2 rings (SSSR count). The van der Waals surface area contributed by atoms with Crippen LogP contribution in [-0.4, -0.2) is 19.2 Å². The van der Waals surface area contributed by atoms with Crippen LogP contribution in [-0.2, 0) is 4.79 Å². The number of esters is 1. The van der Waals surface area contributed by atoms with Crippen molar-refractivity contribution < 1.29 is 19.0 Å². The molecular formula is C18H17NO4. The zero-order valence-electron chi connectivity index (χ0n) is 12.8. The van der Waals surface area contributed by atoms with E-state index in [9.17, 15) is 4.79 Å². The Morgan fingerprint density at radius 3 is 2.39 bits per heavy atom. The van der Waals surface area contributed by atoms with Crippen LogP contribution in [0.2, 0.25) is 0 Å². The summed E-state index contributed by atoms with van der Waals surface area (Å²) in [6.45, 7) is 2.45. The van der Waals surface area contributed by atoms with E-state index >= 15 is 0 Å². The first-order chi connectivity index (χ1) is 11.2. The van der Waals surface area contributed by atoms with Gasteiger partial charge in [0.15, 0.2) is 6.61 Å². The van der Waals surface area contributed by atoms with Crippen molar-refractivity contribution in [3.8, 4) is 23.3 Å². The van der Waals surface area contributed by atoms with Gasteiger partial charge in [0.05, 0.1) is 18.2 Å². The fourth-order valence-electron chi connectivity index (χ4n) is 1.77. The highest BCUT2D eigenvalue weighted by molar-refractivity contribution is 5.74. The van der Waals surface area contributed by atoms with Crippen LogP contribution in [0.3, 0.4) is 0 Å². The summed E-state index contributed by atoms with van der Waals surface area (Å²) >= 11 is 0. The van der Waals surface area contributed by atoms with E-state index in [1.165, 1.54) is 0 Å². The van der Waals surface area contributed by atoms with E-state index < -0.39 is 5.97 Å². The van der Waals surface area contributed by atoms with Crippen molar-refractivity contribution in [3.63, 3.8) is 0 Å². The molecule has 0 amide bonds. The molecular weight excluding hydrogens is 294 g/mol. The summed E-state index contributed by atoms with van der Waals surface area (Å²) in [6.07, 6.45) is 0.919. The van der Waals surface area contributed by atoms with Gasteiger partial charge in [-0.3, -0.25) is 0 Å². The first-order valence-corrected chi connectivity index (χ1v) is 7.27. The predicted molar refractivity (Wildman–Crippen MR) is 84.5 cm³/mol. The van der Waals surface area contributed by atoms with Crippen LogP contribution in [0.15, 0.2) is 48.5 Å². The normalized spacial score (nSPS) is 9.74. The van der Waals surface area contributed by atoms with Crippen LogP contribution < -0.4 is 14.2 Å². The summed E-state index contributed by atoms with van der Waals surface area (Å²) in [7, 11) is 0. The van der Waals surface area contributed by atoms with Crippen molar-refractivity contribution in [2.75, 3.05) is 13.2 Å². The number of nitrogens with zero attached hydrogens (tertiary/aromatic N) is 1. The highest BCUT2D eigenvalue weighted by Crippen LogP contribution is 2.19. The van der Waals surface area contributed by atoms with Crippen LogP contribution in [0.1, 0.15) is 18.9 Å². The van der Waals surface area contributed by atoms with Crippen LogP contribution in [0.25, 0.3) is 0 Å². The molecule has 0 spiro atoms. The van der Waals surface area contributed by atoms with Crippen molar-refractivity contribution >= 4 is 5.97 Å². The molecule has 0 unspecified atom stereocenters. The predicted octanol–water partition coefficient (Wildman–Crippen LogP) is 3.33. The maximum atomic E-state index is 11.8. The summed E-state index contributed by atoms with van der Waals surface area (Å²) in [5.74, 6) is 1.09. The second-order valence-corrected chi connectivity index (χ2v) is 4.72. The molecule has 0 atom stereocenters. The zero-order chi connectivity index (χ0) is 16.5. The molecule has 0 fully saturated rings. The van der Waals surface area contributed by atoms with Gasteiger partial charge in [-0.05, 0) is 42.8 Å². The minimum absolute atomic E-state index is 0.211. The van der Waals surface area contributed by atoms with Crippen molar-refractivity contribution in [3.05, 3.63) is 54.1 Å². The van der Waals surface area contributed by atoms with E-state index in [4.69, 9.17) is 19.5 Å². The molecule has 0 saturated heterocycles. The molecule has 0 aromatic heterocycles. The van der Waals surface area contributed by atoms with Gasteiger partial charge >= 0.3 is 5.97 Å². The highest BCUT2D eigenvalue weighted by Gasteiger charge is 2.07. The van der Waals surface area contributed by atoms with Gasteiger partial charge in [0.2, 0.25) is 0 Å². The lowest BCUT2D eigenvalue weighted by Gasteiger charge is -2.09.